The van der Waals surface area contributed by atoms with E-state index in [0.29, 0.717) is 25.2 Å². The maximum Gasteiger partial charge on any atom is 0.256 e. The lowest BCUT2D eigenvalue weighted by Crippen LogP contribution is -2.45. The van der Waals surface area contributed by atoms with Gasteiger partial charge >= 0.3 is 0 Å². The minimum atomic E-state index is -0.135. The van der Waals surface area contributed by atoms with Gasteiger partial charge in [-0.05, 0) is 42.2 Å². The van der Waals surface area contributed by atoms with Crippen molar-refractivity contribution in [3.05, 3.63) is 54.2 Å². The fraction of sp³-hybridized carbons (Fsp3) is 0.375. The molecule has 4 rings (SSSR count). The van der Waals surface area contributed by atoms with Gasteiger partial charge < -0.3 is 10.2 Å². The Bertz CT molecular complexity index is 1050. The summed E-state index contributed by atoms with van der Waals surface area (Å²) in [6.07, 6.45) is 5.44. The molecular formula is C24H27N3O2. The Morgan fingerprint density at radius 1 is 1.17 bits per heavy atom. The molecule has 3 aromatic rings. The summed E-state index contributed by atoms with van der Waals surface area (Å²) in [5.41, 5.74) is 1.34. The summed E-state index contributed by atoms with van der Waals surface area (Å²) in [5, 5.41) is 6.13. The molecule has 0 spiro atoms. The molecule has 2 heterocycles. The van der Waals surface area contributed by atoms with Crippen LogP contribution in [-0.2, 0) is 4.79 Å². The quantitative estimate of drug-likeness (QED) is 0.527. The van der Waals surface area contributed by atoms with E-state index in [0.717, 1.165) is 47.4 Å². The number of rotatable bonds is 5. The minimum Gasteiger partial charge on any atom is -0.356 e. The summed E-state index contributed by atoms with van der Waals surface area (Å²) >= 11 is 0. The fourth-order valence-corrected chi connectivity index (χ4v) is 4.17. The summed E-state index contributed by atoms with van der Waals surface area (Å²) < 4.78 is 0. The Morgan fingerprint density at radius 3 is 2.86 bits per heavy atom. The van der Waals surface area contributed by atoms with Gasteiger partial charge in [0.2, 0.25) is 5.91 Å². The molecule has 1 fully saturated rings. The Morgan fingerprint density at radius 2 is 2.00 bits per heavy atom. The molecule has 0 radical (unpaired) electrons. The van der Waals surface area contributed by atoms with Gasteiger partial charge in [-0.15, -0.1) is 0 Å². The number of pyridine rings is 1. The number of hydrogen-bond acceptors (Lipinski definition) is 3. The Hall–Kier alpha value is -2.95. The molecule has 0 bridgehead atoms. The van der Waals surface area contributed by atoms with Crippen LogP contribution in [0.2, 0.25) is 0 Å². The van der Waals surface area contributed by atoms with Crippen LogP contribution in [0, 0.1) is 5.92 Å². The predicted octanol–water partition coefficient (Wildman–Crippen LogP) is 4.16. The first-order chi connectivity index (χ1) is 14.2. The molecule has 1 atom stereocenters. The Balaban J connectivity index is 1.62. The molecule has 1 saturated heterocycles. The second-order valence-electron chi connectivity index (χ2n) is 7.78. The standard InChI is InChI=1S/C24H27N3O2/c1-2-3-12-26-23(28)18-9-7-14-27(16-18)24(29)21-15-17-8-4-5-10-19(17)20-11-6-13-25-22(20)21/h4-6,8,10-11,13,15,18H,2-3,7,9,12,14,16H2,1H3,(H,26,28). The zero-order valence-electron chi connectivity index (χ0n) is 16.9. The molecule has 1 aliphatic rings. The van der Waals surface area contributed by atoms with Gasteiger partial charge in [0.15, 0.2) is 0 Å². The molecule has 2 amide bonds. The van der Waals surface area contributed by atoms with Gasteiger partial charge in [-0.3, -0.25) is 14.6 Å². The van der Waals surface area contributed by atoms with Crippen molar-refractivity contribution in [2.75, 3.05) is 19.6 Å². The topological polar surface area (TPSA) is 62.3 Å². The summed E-state index contributed by atoms with van der Waals surface area (Å²) in [5.74, 6) is -0.104. The molecule has 2 aromatic carbocycles. The number of carbonyl (C=O) groups is 2. The van der Waals surface area contributed by atoms with Crippen molar-refractivity contribution in [3.8, 4) is 0 Å². The monoisotopic (exact) mass is 389 g/mol. The van der Waals surface area contributed by atoms with Crippen LogP contribution in [0.5, 0.6) is 0 Å². The van der Waals surface area contributed by atoms with Crippen LogP contribution in [0.1, 0.15) is 43.0 Å². The molecular weight excluding hydrogens is 362 g/mol. The highest BCUT2D eigenvalue weighted by atomic mass is 16.2. The van der Waals surface area contributed by atoms with Crippen LogP contribution in [0.15, 0.2) is 48.7 Å². The average Bonchev–Trinajstić information content (AvgIpc) is 2.78. The number of unbranched alkanes of at least 4 members (excludes halogenated alkanes) is 1. The zero-order chi connectivity index (χ0) is 20.2. The van der Waals surface area contributed by atoms with Crippen molar-refractivity contribution >= 4 is 33.5 Å². The van der Waals surface area contributed by atoms with Crippen LogP contribution in [-0.4, -0.2) is 41.3 Å². The maximum atomic E-state index is 13.4. The van der Waals surface area contributed by atoms with Gasteiger partial charge in [-0.25, -0.2) is 0 Å². The minimum absolute atomic E-state index is 0.0366. The normalized spacial score (nSPS) is 16.9. The number of likely N-dealkylation sites (tertiary alicyclic amines) is 1. The SMILES string of the molecule is CCCCNC(=O)C1CCCN(C(=O)c2cc3ccccc3c3cccnc23)C1. The van der Waals surface area contributed by atoms with Crippen molar-refractivity contribution in [3.63, 3.8) is 0 Å². The van der Waals surface area contributed by atoms with Crippen LogP contribution in [0.4, 0.5) is 0 Å². The summed E-state index contributed by atoms with van der Waals surface area (Å²) in [4.78, 5) is 32.3. The highest BCUT2D eigenvalue weighted by Crippen LogP contribution is 2.29. The van der Waals surface area contributed by atoms with E-state index in [2.05, 4.69) is 23.3 Å². The molecule has 0 aliphatic carbocycles. The first-order valence-corrected chi connectivity index (χ1v) is 10.5. The third-order valence-corrected chi connectivity index (χ3v) is 5.75. The predicted molar refractivity (Wildman–Crippen MR) is 116 cm³/mol. The number of fused-ring (bicyclic) bond motifs is 3. The number of nitrogens with zero attached hydrogens (tertiary/aromatic N) is 2. The van der Waals surface area contributed by atoms with E-state index in [-0.39, 0.29) is 17.7 Å². The second-order valence-corrected chi connectivity index (χ2v) is 7.78. The number of aromatic nitrogens is 1. The third kappa shape index (κ3) is 3.95. The number of amides is 2. The van der Waals surface area contributed by atoms with E-state index in [1.807, 2.05) is 41.3 Å². The van der Waals surface area contributed by atoms with E-state index in [1.165, 1.54) is 0 Å². The van der Waals surface area contributed by atoms with Crippen LogP contribution < -0.4 is 5.32 Å². The maximum absolute atomic E-state index is 13.4. The lowest BCUT2D eigenvalue weighted by Gasteiger charge is -2.32. The second kappa shape index (κ2) is 8.60. The number of benzene rings is 2. The zero-order valence-corrected chi connectivity index (χ0v) is 16.9. The summed E-state index contributed by atoms with van der Waals surface area (Å²) in [6, 6.07) is 13.9. The van der Waals surface area contributed by atoms with Crippen molar-refractivity contribution in [2.24, 2.45) is 5.92 Å². The first kappa shape index (κ1) is 19.4. The Labute approximate surface area is 171 Å². The van der Waals surface area contributed by atoms with Crippen molar-refractivity contribution in [1.82, 2.24) is 15.2 Å². The molecule has 150 valence electrons. The van der Waals surface area contributed by atoms with Gasteiger partial charge in [-0.2, -0.15) is 0 Å². The van der Waals surface area contributed by atoms with Crippen LogP contribution in [0.3, 0.4) is 0 Å². The first-order valence-electron chi connectivity index (χ1n) is 10.5. The van der Waals surface area contributed by atoms with Gasteiger partial charge in [0.25, 0.3) is 5.91 Å². The molecule has 5 nitrogen and oxygen atoms in total. The number of nitrogens with one attached hydrogen (secondary N) is 1. The van der Waals surface area contributed by atoms with E-state index < -0.39 is 0 Å². The van der Waals surface area contributed by atoms with E-state index in [1.54, 1.807) is 6.20 Å². The van der Waals surface area contributed by atoms with Crippen LogP contribution in [0.25, 0.3) is 21.7 Å². The summed E-state index contributed by atoms with van der Waals surface area (Å²) in [6.45, 7) is 3.96. The smallest absolute Gasteiger partial charge is 0.256 e. The molecule has 5 heteroatoms. The van der Waals surface area contributed by atoms with Crippen LogP contribution >= 0.6 is 0 Å². The number of hydrogen-bond donors (Lipinski definition) is 1. The molecule has 0 saturated carbocycles. The molecule has 1 unspecified atom stereocenters. The van der Waals surface area contributed by atoms with Crippen molar-refractivity contribution in [2.45, 2.75) is 32.6 Å². The average molecular weight is 389 g/mol. The number of carbonyl (C=O) groups excluding carboxylic acids is 2. The van der Waals surface area contributed by atoms with E-state index in [4.69, 9.17) is 0 Å². The number of piperidine rings is 1. The van der Waals surface area contributed by atoms with Gasteiger partial charge in [-0.1, -0.05) is 43.7 Å². The van der Waals surface area contributed by atoms with Gasteiger partial charge in [0.1, 0.15) is 0 Å². The molecule has 1 N–H and O–H groups in total. The van der Waals surface area contributed by atoms with Gasteiger partial charge in [0.05, 0.1) is 17.0 Å². The molecule has 1 aliphatic heterocycles. The van der Waals surface area contributed by atoms with E-state index >= 15 is 0 Å². The molecule has 1 aromatic heterocycles. The largest absolute Gasteiger partial charge is 0.356 e. The fourth-order valence-electron chi connectivity index (χ4n) is 4.17. The summed E-state index contributed by atoms with van der Waals surface area (Å²) in [7, 11) is 0. The Kier molecular flexibility index (Phi) is 5.74. The third-order valence-electron chi connectivity index (χ3n) is 5.75. The molecule has 29 heavy (non-hydrogen) atoms. The van der Waals surface area contributed by atoms with Crippen molar-refractivity contribution < 1.29 is 9.59 Å². The lowest BCUT2D eigenvalue weighted by atomic mass is 9.95. The lowest BCUT2D eigenvalue weighted by molar-refractivity contribution is -0.126. The highest BCUT2D eigenvalue weighted by molar-refractivity contribution is 6.15. The highest BCUT2D eigenvalue weighted by Gasteiger charge is 2.29. The van der Waals surface area contributed by atoms with E-state index in [9.17, 15) is 9.59 Å². The van der Waals surface area contributed by atoms with Gasteiger partial charge in [0, 0.05) is 31.2 Å². The van der Waals surface area contributed by atoms with Crippen molar-refractivity contribution in [1.29, 1.82) is 0 Å².